The zero-order valence-electron chi connectivity index (χ0n) is 7.00. The fourth-order valence-corrected chi connectivity index (χ4v) is 1.48. The number of hydrogen-bond donors (Lipinski definition) is 1. The number of benzene rings is 1. The number of hydrogen-bond acceptors (Lipinski definition) is 1. The van der Waals surface area contributed by atoms with Gasteiger partial charge in [-0.05, 0) is 17.7 Å². The largest absolute Gasteiger partial charge is 0.389 e. The van der Waals surface area contributed by atoms with Gasteiger partial charge in [-0.25, -0.2) is 0 Å². The molecule has 0 saturated carbocycles. The predicted molar refractivity (Wildman–Crippen MR) is 56.4 cm³/mol. The van der Waals surface area contributed by atoms with Crippen molar-refractivity contribution < 1.29 is 5.11 Å². The Morgan fingerprint density at radius 3 is 2.69 bits per heavy atom. The molecule has 0 saturated heterocycles. The molecule has 1 N–H and O–H groups in total. The van der Waals surface area contributed by atoms with Gasteiger partial charge in [0.25, 0.3) is 0 Å². The van der Waals surface area contributed by atoms with Crippen LogP contribution in [0.3, 0.4) is 0 Å². The SMILES string of the molecule is C=CC(O)Cc1ccc(Cl)cc1Cl. The van der Waals surface area contributed by atoms with Crippen molar-refractivity contribution in [3.05, 3.63) is 46.5 Å². The van der Waals surface area contributed by atoms with Gasteiger partial charge in [0.1, 0.15) is 0 Å². The molecule has 0 radical (unpaired) electrons. The highest BCUT2D eigenvalue weighted by Gasteiger charge is 2.05. The van der Waals surface area contributed by atoms with E-state index in [1.54, 1.807) is 18.2 Å². The standard InChI is InChI=1S/C10H10Cl2O/c1-2-9(13)5-7-3-4-8(11)6-10(7)12/h2-4,6,9,13H,1,5H2. The van der Waals surface area contributed by atoms with Crippen molar-refractivity contribution in [1.29, 1.82) is 0 Å². The molecule has 13 heavy (non-hydrogen) atoms. The molecule has 0 aromatic heterocycles. The maximum atomic E-state index is 9.30. The van der Waals surface area contributed by atoms with E-state index in [2.05, 4.69) is 6.58 Å². The Morgan fingerprint density at radius 1 is 1.46 bits per heavy atom. The van der Waals surface area contributed by atoms with E-state index >= 15 is 0 Å². The Balaban J connectivity index is 2.83. The van der Waals surface area contributed by atoms with Crippen LogP contribution in [0.25, 0.3) is 0 Å². The van der Waals surface area contributed by atoms with Crippen LogP contribution in [0.1, 0.15) is 5.56 Å². The predicted octanol–water partition coefficient (Wildman–Crippen LogP) is 3.08. The third-order valence-electron chi connectivity index (χ3n) is 1.72. The fourth-order valence-electron chi connectivity index (χ4n) is 0.996. The molecule has 1 atom stereocenters. The van der Waals surface area contributed by atoms with Crippen molar-refractivity contribution in [2.75, 3.05) is 0 Å². The highest BCUT2D eigenvalue weighted by Crippen LogP contribution is 2.22. The van der Waals surface area contributed by atoms with Crippen molar-refractivity contribution in [1.82, 2.24) is 0 Å². The average Bonchev–Trinajstić information content (AvgIpc) is 2.09. The molecule has 1 aromatic carbocycles. The van der Waals surface area contributed by atoms with Gasteiger partial charge in [0.05, 0.1) is 6.10 Å². The molecule has 0 aliphatic rings. The number of rotatable bonds is 3. The lowest BCUT2D eigenvalue weighted by molar-refractivity contribution is 0.224. The second-order valence-corrected chi connectivity index (χ2v) is 3.59. The van der Waals surface area contributed by atoms with E-state index in [1.807, 2.05) is 0 Å². The first-order chi connectivity index (χ1) is 6.13. The van der Waals surface area contributed by atoms with Crippen molar-refractivity contribution >= 4 is 23.2 Å². The van der Waals surface area contributed by atoms with E-state index in [0.717, 1.165) is 5.56 Å². The first kappa shape index (κ1) is 10.6. The molecule has 0 fully saturated rings. The van der Waals surface area contributed by atoms with Gasteiger partial charge in [0, 0.05) is 16.5 Å². The lowest BCUT2D eigenvalue weighted by Crippen LogP contribution is -2.06. The minimum Gasteiger partial charge on any atom is -0.389 e. The van der Waals surface area contributed by atoms with Gasteiger partial charge in [-0.2, -0.15) is 0 Å². The minimum atomic E-state index is -0.557. The van der Waals surface area contributed by atoms with Crippen LogP contribution in [0.15, 0.2) is 30.9 Å². The summed E-state index contributed by atoms with van der Waals surface area (Å²) < 4.78 is 0. The van der Waals surface area contributed by atoms with Crippen molar-refractivity contribution in [2.24, 2.45) is 0 Å². The fraction of sp³-hybridized carbons (Fsp3) is 0.200. The highest BCUT2D eigenvalue weighted by atomic mass is 35.5. The summed E-state index contributed by atoms with van der Waals surface area (Å²) in [7, 11) is 0. The van der Waals surface area contributed by atoms with Crippen LogP contribution in [0, 0.1) is 0 Å². The van der Waals surface area contributed by atoms with E-state index in [1.165, 1.54) is 6.08 Å². The number of aliphatic hydroxyl groups is 1. The van der Waals surface area contributed by atoms with Crippen LogP contribution >= 0.6 is 23.2 Å². The summed E-state index contributed by atoms with van der Waals surface area (Å²) in [5.41, 5.74) is 0.874. The molecule has 0 heterocycles. The third kappa shape index (κ3) is 3.03. The summed E-state index contributed by atoms with van der Waals surface area (Å²) in [5, 5.41) is 10.5. The van der Waals surface area contributed by atoms with Crippen LogP contribution in [-0.4, -0.2) is 11.2 Å². The monoisotopic (exact) mass is 216 g/mol. The molecular formula is C10H10Cl2O. The molecule has 1 unspecified atom stereocenters. The van der Waals surface area contributed by atoms with Crippen LogP contribution in [0.4, 0.5) is 0 Å². The molecular weight excluding hydrogens is 207 g/mol. The van der Waals surface area contributed by atoms with E-state index in [4.69, 9.17) is 23.2 Å². The Kier molecular flexibility index (Phi) is 3.79. The zero-order chi connectivity index (χ0) is 9.84. The van der Waals surface area contributed by atoms with E-state index in [9.17, 15) is 5.11 Å². The maximum Gasteiger partial charge on any atom is 0.0759 e. The van der Waals surface area contributed by atoms with Gasteiger partial charge in [-0.3, -0.25) is 0 Å². The summed E-state index contributed by atoms with van der Waals surface area (Å²) in [6.45, 7) is 3.48. The molecule has 1 nitrogen and oxygen atoms in total. The summed E-state index contributed by atoms with van der Waals surface area (Å²) in [6.07, 6.45) is 1.39. The lowest BCUT2D eigenvalue weighted by atomic mass is 10.1. The molecule has 1 aromatic rings. The molecule has 0 aliphatic heterocycles. The van der Waals surface area contributed by atoms with Gasteiger partial charge >= 0.3 is 0 Å². The molecule has 3 heteroatoms. The molecule has 1 rings (SSSR count). The first-order valence-electron chi connectivity index (χ1n) is 3.88. The van der Waals surface area contributed by atoms with E-state index < -0.39 is 6.10 Å². The lowest BCUT2D eigenvalue weighted by Gasteiger charge is -2.07. The van der Waals surface area contributed by atoms with Gasteiger partial charge in [0.2, 0.25) is 0 Å². The van der Waals surface area contributed by atoms with Crippen LogP contribution < -0.4 is 0 Å². The Hall–Kier alpha value is -0.500. The molecule has 0 bridgehead atoms. The van der Waals surface area contributed by atoms with Crippen LogP contribution in [0.2, 0.25) is 10.0 Å². The average molecular weight is 217 g/mol. The highest BCUT2D eigenvalue weighted by molar-refractivity contribution is 6.35. The number of halogens is 2. The second-order valence-electron chi connectivity index (χ2n) is 2.74. The summed E-state index contributed by atoms with van der Waals surface area (Å²) >= 11 is 11.6. The number of aliphatic hydroxyl groups excluding tert-OH is 1. The maximum absolute atomic E-state index is 9.30. The summed E-state index contributed by atoms with van der Waals surface area (Å²) in [5.74, 6) is 0. The Bertz CT molecular complexity index is 310. The smallest absolute Gasteiger partial charge is 0.0759 e. The summed E-state index contributed by atoms with van der Waals surface area (Å²) in [4.78, 5) is 0. The van der Waals surface area contributed by atoms with Gasteiger partial charge in [-0.15, -0.1) is 6.58 Å². The van der Waals surface area contributed by atoms with E-state index in [0.29, 0.717) is 16.5 Å². The Labute approximate surface area is 87.6 Å². The van der Waals surface area contributed by atoms with Gasteiger partial charge in [0.15, 0.2) is 0 Å². The quantitative estimate of drug-likeness (QED) is 0.771. The second kappa shape index (κ2) is 4.66. The first-order valence-corrected chi connectivity index (χ1v) is 4.63. The minimum absolute atomic E-state index is 0.472. The van der Waals surface area contributed by atoms with Crippen molar-refractivity contribution in [3.8, 4) is 0 Å². The van der Waals surface area contributed by atoms with Gasteiger partial charge < -0.3 is 5.11 Å². The van der Waals surface area contributed by atoms with Crippen LogP contribution in [0.5, 0.6) is 0 Å². The topological polar surface area (TPSA) is 20.2 Å². The normalized spacial score (nSPS) is 12.5. The van der Waals surface area contributed by atoms with Crippen molar-refractivity contribution in [3.63, 3.8) is 0 Å². The zero-order valence-corrected chi connectivity index (χ0v) is 8.52. The van der Waals surface area contributed by atoms with E-state index in [-0.39, 0.29) is 0 Å². The molecule has 70 valence electrons. The van der Waals surface area contributed by atoms with Gasteiger partial charge in [-0.1, -0.05) is 35.3 Å². The third-order valence-corrected chi connectivity index (χ3v) is 2.30. The Morgan fingerprint density at radius 2 is 2.15 bits per heavy atom. The molecule has 0 spiro atoms. The summed E-state index contributed by atoms with van der Waals surface area (Å²) in [6, 6.07) is 5.21. The van der Waals surface area contributed by atoms with Crippen LogP contribution in [-0.2, 0) is 6.42 Å². The van der Waals surface area contributed by atoms with Crippen molar-refractivity contribution in [2.45, 2.75) is 12.5 Å². The molecule has 0 amide bonds. The molecule has 0 aliphatic carbocycles.